The Balaban J connectivity index is 4.39. The first-order valence-electron chi connectivity index (χ1n) is 41.5. The van der Waals surface area contributed by atoms with Gasteiger partial charge in [0, 0.05) is 19.3 Å². The molecule has 0 aliphatic carbocycles. The van der Waals surface area contributed by atoms with Crippen molar-refractivity contribution in [2.24, 2.45) is 0 Å². The molecule has 0 radical (unpaired) electrons. The van der Waals surface area contributed by atoms with Crippen molar-refractivity contribution in [2.45, 2.75) is 360 Å². The van der Waals surface area contributed by atoms with E-state index in [2.05, 4.69) is 154 Å². The van der Waals surface area contributed by atoms with Crippen molar-refractivity contribution in [1.82, 2.24) is 0 Å². The molecule has 0 aliphatic heterocycles. The number of ether oxygens (including phenoxy) is 3. The normalized spacial score (nSPS) is 14.6. The first-order chi connectivity index (χ1) is 51.2. The van der Waals surface area contributed by atoms with Gasteiger partial charge in [-0.2, -0.15) is 0 Å². The van der Waals surface area contributed by atoms with Gasteiger partial charge >= 0.3 is 33.6 Å². The smallest absolute Gasteiger partial charge is 0.463 e. The molecule has 604 valence electrons. The quantitative estimate of drug-likeness (QED) is 0.0146. The minimum atomic E-state index is -4.93. The molecule has 0 aromatic rings. The second-order valence-electron chi connectivity index (χ2n) is 27.5. The number of allylic oxidation sites excluding steroid dienone is 22. The summed E-state index contributed by atoms with van der Waals surface area (Å²) in [5, 5.41) is 20.6. The average molecular weight is 1510 g/mol. The molecule has 0 aliphatic rings. The summed E-state index contributed by atoms with van der Waals surface area (Å²) in [6.07, 6.45) is 96.6. The largest absolute Gasteiger partial charge is 0.472 e. The van der Waals surface area contributed by atoms with E-state index in [9.17, 15) is 43.5 Å². The van der Waals surface area contributed by atoms with Crippen molar-refractivity contribution in [3.8, 4) is 0 Å². The number of rotatable bonds is 78. The van der Waals surface area contributed by atoms with Crippen molar-refractivity contribution in [1.29, 1.82) is 0 Å². The first kappa shape index (κ1) is 101. The van der Waals surface area contributed by atoms with Gasteiger partial charge in [-0.05, 0) is 116 Å². The molecule has 0 fully saturated rings. The number of hydrogen-bond donors (Lipinski definition) is 4. The van der Waals surface area contributed by atoms with Crippen molar-refractivity contribution in [3.05, 3.63) is 134 Å². The van der Waals surface area contributed by atoms with E-state index >= 15 is 0 Å². The lowest BCUT2D eigenvalue weighted by molar-refractivity contribution is -0.161. The van der Waals surface area contributed by atoms with Crippen molar-refractivity contribution in [3.63, 3.8) is 0 Å². The summed E-state index contributed by atoms with van der Waals surface area (Å²) in [6, 6.07) is 0. The number of unbranched alkanes of at least 4 members (excludes halogenated alkanes) is 33. The number of aliphatic hydroxyl groups excluding tert-OH is 2. The van der Waals surface area contributed by atoms with Gasteiger partial charge in [-0.1, -0.05) is 341 Å². The van der Waals surface area contributed by atoms with Crippen LogP contribution in [0.3, 0.4) is 0 Å². The van der Waals surface area contributed by atoms with Crippen LogP contribution in [0.15, 0.2) is 134 Å². The third kappa shape index (κ3) is 80.5. The lowest BCUT2D eigenvalue weighted by Gasteiger charge is -2.21. The Hall–Kier alpha value is -4.31. The van der Waals surface area contributed by atoms with Crippen LogP contribution < -0.4 is 0 Å². The Morgan fingerprint density at radius 3 is 0.800 bits per heavy atom. The number of carbonyl (C=O) groups is 3. The highest BCUT2D eigenvalue weighted by Gasteiger charge is 2.29. The molecule has 0 heterocycles. The predicted octanol–water partition coefficient (Wildman–Crippen LogP) is 24.7. The molecular weight excluding hydrogens is 1360 g/mol. The molecule has 0 aromatic carbocycles. The SMILES string of the molecule is CC/C=C\C/C=C\C/C=C\C/C=C\C/C=C\C/C=C\CCCCCCCCC(=O)OCC(COP(=O)(O)OCC(O)COP(=O)(O)OCC(O)COC(=O)CCCCCCCCCCCCCCCCCCC/C=C\C/C=C\C/C=C\C/C=C\C/C=C\CC)OC(=O)CCCCCCCCCCCCC. The molecule has 5 unspecified atom stereocenters. The van der Waals surface area contributed by atoms with Gasteiger partial charge in [0.05, 0.1) is 26.4 Å². The van der Waals surface area contributed by atoms with E-state index in [1.54, 1.807) is 0 Å². The number of hydrogen-bond acceptors (Lipinski definition) is 14. The van der Waals surface area contributed by atoms with Crippen LogP contribution in [0, 0.1) is 0 Å². The van der Waals surface area contributed by atoms with Crippen LogP contribution in [0.2, 0.25) is 0 Å². The van der Waals surface area contributed by atoms with Crippen LogP contribution in [0.4, 0.5) is 0 Å². The lowest BCUT2D eigenvalue weighted by Crippen LogP contribution is -2.30. The minimum Gasteiger partial charge on any atom is -0.463 e. The second kappa shape index (κ2) is 79.2. The van der Waals surface area contributed by atoms with E-state index in [4.69, 9.17) is 32.3 Å². The molecule has 0 spiro atoms. The van der Waals surface area contributed by atoms with Crippen LogP contribution in [0.5, 0.6) is 0 Å². The zero-order chi connectivity index (χ0) is 76.6. The summed E-state index contributed by atoms with van der Waals surface area (Å²) >= 11 is 0. The van der Waals surface area contributed by atoms with Crippen LogP contribution in [0.1, 0.15) is 342 Å². The Kier molecular flexibility index (Phi) is 76.0. The third-order valence-electron chi connectivity index (χ3n) is 17.4. The van der Waals surface area contributed by atoms with Crippen LogP contribution in [-0.4, -0.2) is 95.9 Å². The third-order valence-corrected chi connectivity index (χ3v) is 19.3. The molecule has 0 rings (SSSR count). The van der Waals surface area contributed by atoms with E-state index in [0.29, 0.717) is 19.3 Å². The van der Waals surface area contributed by atoms with Crippen LogP contribution >= 0.6 is 15.6 Å². The summed E-state index contributed by atoms with van der Waals surface area (Å²) in [5.41, 5.74) is 0. The summed E-state index contributed by atoms with van der Waals surface area (Å²) in [5.74, 6) is -1.58. The second-order valence-corrected chi connectivity index (χ2v) is 30.4. The molecule has 0 saturated heterocycles. The van der Waals surface area contributed by atoms with Gasteiger partial charge in [0.25, 0.3) is 0 Å². The predicted molar refractivity (Wildman–Crippen MR) is 436 cm³/mol. The Morgan fingerprint density at radius 1 is 0.276 bits per heavy atom. The van der Waals surface area contributed by atoms with Crippen LogP contribution in [0.25, 0.3) is 0 Å². The molecule has 0 saturated carbocycles. The zero-order valence-electron chi connectivity index (χ0n) is 66.1. The number of aliphatic hydroxyl groups is 2. The number of esters is 3. The maximum absolute atomic E-state index is 12.9. The molecule has 4 N–H and O–H groups in total. The maximum atomic E-state index is 12.9. The van der Waals surface area contributed by atoms with Gasteiger partial charge in [0.1, 0.15) is 25.4 Å². The van der Waals surface area contributed by atoms with Crippen molar-refractivity contribution >= 4 is 33.6 Å². The average Bonchev–Trinajstić information content (AvgIpc) is 0.936. The highest BCUT2D eigenvalue weighted by atomic mass is 31.2. The van der Waals surface area contributed by atoms with E-state index in [-0.39, 0.29) is 19.3 Å². The van der Waals surface area contributed by atoms with E-state index in [1.807, 2.05) is 0 Å². The maximum Gasteiger partial charge on any atom is 0.472 e. The van der Waals surface area contributed by atoms with Gasteiger partial charge in [-0.15, -0.1) is 0 Å². The standard InChI is InChI=1S/C87H150O16P2/c1-4-7-10-13-16-19-22-24-26-28-30-32-34-36-37-38-39-40-41-42-43-45-47-48-50-52-54-56-59-61-64-67-70-73-85(90)97-76-82(88)77-99-104(93,94)100-78-83(89)79-101-105(95,96)102-81-84(103-87(92)75-72-69-66-63-58-21-18-15-12-9-6-3)80-98-86(91)74-71-68-65-62-60-57-55-53-51-49-46-44-35-33-31-29-27-25-23-20-17-14-11-8-5-2/h7-8,10-11,16-17,19-20,24-27,30-33,36-37,44,46,51,53,82-84,88-89H,4-6,9,12-15,18,21-23,28-29,34-35,38-43,45,47-50,52,54-81H2,1-3H3,(H,93,94)(H,95,96)/b10-7-,11-8-,19-16-,20-17-,26-24-,27-25-,32-30-,33-31-,37-36-,46-44-,53-51-. The first-order valence-corrected chi connectivity index (χ1v) is 44.5. The molecule has 0 amide bonds. The van der Waals surface area contributed by atoms with Gasteiger partial charge in [0.2, 0.25) is 0 Å². The number of phosphoric acid groups is 2. The monoisotopic (exact) mass is 1510 g/mol. The van der Waals surface area contributed by atoms with Gasteiger partial charge in [-0.25, -0.2) is 9.13 Å². The molecular formula is C87H150O16P2. The molecule has 16 nitrogen and oxygen atoms in total. The highest BCUT2D eigenvalue weighted by molar-refractivity contribution is 7.47. The van der Waals surface area contributed by atoms with Crippen molar-refractivity contribution in [2.75, 3.05) is 39.6 Å². The fraction of sp³-hybridized carbons (Fsp3) is 0.713. The van der Waals surface area contributed by atoms with Crippen molar-refractivity contribution < 1.29 is 75.8 Å². The molecule has 105 heavy (non-hydrogen) atoms. The number of carbonyl (C=O) groups excluding carboxylic acids is 3. The summed E-state index contributed by atoms with van der Waals surface area (Å²) in [4.78, 5) is 58.6. The molecule has 0 aromatic heterocycles. The zero-order valence-corrected chi connectivity index (χ0v) is 67.9. The fourth-order valence-electron chi connectivity index (χ4n) is 11.1. The van der Waals surface area contributed by atoms with Gasteiger partial charge in [-0.3, -0.25) is 32.5 Å². The molecule has 18 heteroatoms. The Labute approximate surface area is 639 Å². The summed E-state index contributed by atoms with van der Waals surface area (Å²) < 4.78 is 61.1. The Morgan fingerprint density at radius 2 is 0.505 bits per heavy atom. The lowest BCUT2D eigenvalue weighted by atomic mass is 10.0. The van der Waals surface area contributed by atoms with E-state index in [1.165, 1.54) is 128 Å². The molecule has 5 atom stereocenters. The number of phosphoric ester groups is 2. The summed E-state index contributed by atoms with van der Waals surface area (Å²) in [7, 11) is -9.79. The van der Waals surface area contributed by atoms with Crippen LogP contribution in [-0.2, 0) is 55.8 Å². The van der Waals surface area contributed by atoms with Gasteiger partial charge < -0.3 is 34.2 Å². The minimum absolute atomic E-state index is 0.102. The fourth-order valence-corrected chi connectivity index (χ4v) is 12.7. The van der Waals surface area contributed by atoms with E-state index in [0.717, 1.165) is 154 Å². The molecule has 0 bridgehead atoms. The van der Waals surface area contributed by atoms with E-state index < -0.39 is 91.5 Å². The van der Waals surface area contributed by atoms with Gasteiger partial charge in [0.15, 0.2) is 6.10 Å². The Bertz CT molecular complexity index is 2440. The summed E-state index contributed by atoms with van der Waals surface area (Å²) in [6.45, 7) is 2.45. The topological polar surface area (TPSA) is 231 Å². The highest BCUT2D eigenvalue weighted by Crippen LogP contribution is 2.45.